The average Bonchev–Trinajstić information content (AvgIpc) is 2.79. The van der Waals surface area contributed by atoms with E-state index in [0.29, 0.717) is 5.56 Å². The van der Waals surface area contributed by atoms with Gasteiger partial charge in [-0.25, -0.2) is 0 Å². The number of aldehydes is 1. The molecule has 0 saturated heterocycles. The molecule has 0 N–H and O–H groups in total. The number of rotatable bonds is 4. The predicted molar refractivity (Wildman–Crippen MR) is 75.3 cm³/mol. The summed E-state index contributed by atoms with van der Waals surface area (Å²) in [6.45, 7) is 0. The summed E-state index contributed by atoms with van der Waals surface area (Å²) in [5, 5.41) is 8.08. The van der Waals surface area contributed by atoms with Crippen molar-refractivity contribution < 1.29 is 4.79 Å². The highest BCUT2D eigenvalue weighted by molar-refractivity contribution is 9.10. The van der Waals surface area contributed by atoms with Gasteiger partial charge < -0.3 is 0 Å². The highest BCUT2D eigenvalue weighted by atomic mass is 79.9. The van der Waals surface area contributed by atoms with Gasteiger partial charge in [0.2, 0.25) is 0 Å². The topological polar surface area (TPSA) is 42.9 Å². The Morgan fingerprint density at radius 2 is 2.12 bits per heavy atom. The Kier molecular flexibility index (Phi) is 4.61. The van der Waals surface area contributed by atoms with Crippen LogP contribution in [0.25, 0.3) is 0 Å². The maximum Gasteiger partial charge on any atom is 0.179 e. The zero-order chi connectivity index (χ0) is 12.3. The van der Waals surface area contributed by atoms with Crippen molar-refractivity contribution in [3.8, 4) is 0 Å². The predicted octanol–water partition coefficient (Wildman–Crippen LogP) is 3.99. The lowest BCUT2D eigenvalue weighted by atomic mass is 10.2. The first-order valence-electron chi connectivity index (χ1n) is 4.53. The van der Waals surface area contributed by atoms with Gasteiger partial charge in [-0.05, 0) is 24.5 Å². The molecule has 7 heteroatoms. The molecule has 17 heavy (non-hydrogen) atoms. The molecule has 1 aromatic heterocycles. The highest BCUT2D eigenvalue weighted by Crippen LogP contribution is 2.34. The van der Waals surface area contributed by atoms with Gasteiger partial charge in [-0.15, -0.1) is 10.2 Å². The van der Waals surface area contributed by atoms with Gasteiger partial charge in [0, 0.05) is 14.9 Å². The summed E-state index contributed by atoms with van der Waals surface area (Å²) in [5.74, 6) is 0. The van der Waals surface area contributed by atoms with Gasteiger partial charge >= 0.3 is 0 Å². The third kappa shape index (κ3) is 3.31. The summed E-state index contributed by atoms with van der Waals surface area (Å²) in [6, 6.07) is 5.61. The smallest absolute Gasteiger partial charge is 0.179 e. The SMILES string of the molecule is CSc1nnc(Sc2ccc(Br)cc2C=O)s1. The lowest BCUT2D eigenvalue weighted by Crippen LogP contribution is -1.84. The maximum absolute atomic E-state index is 11.0. The molecule has 0 radical (unpaired) electrons. The van der Waals surface area contributed by atoms with Crippen molar-refractivity contribution in [1.82, 2.24) is 10.2 Å². The number of thioether (sulfide) groups is 1. The Bertz CT molecular complexity index is 544. The Morgan fingerprint density at radius 3 is 2.76 bits per heavy atom. The molecule has 2 aromatic rings. The van der Waals surface area contributed by atoms with Crippen LogP contribution in [0.5, 0.6) is 0 Å². The van der Waals surface area contributed by atoms with E-state index in [9.17, 15) is 4.79 Å². The van der Waals surface area contributed by atoms with E-state index in [-0.39, 0.29) is 0 Å². The van der Waals surface area contributed by atoms with E-state index in [4.69, 9.17) is 0 Å². The number of halogens is 1. The third-order valence-electron chi connectivity index (χ3n) is 1.86. The number of carbonyl (C=O) groups excluding carboxylic acids is 1. The molecule has 0 bridgehead atoms. The lowest BCUT2D eigenvalue weighted by molar-refractivity contribution is 0.112. The Morgan fingerprint density at radius 1 is 1.35 bits per heavy atom. The fourth-order valence-corrected chi connectivity index (χ4v) is 3.97. The molecule has 3 nitrogen and oxygen atoms in total. The maximum atomic E-state index is 11.0. The van der Waals surface area contributed by atoms with Crippen molar-refractivity contribution in [3.63, 3.8) is 0 Å². The van der Waals surface area contributed by atoms with Gasteiger partial charge in [0.05, 0.1) is 0 Å². The van der Waals surface area contributed by atoms with Gasteiger partial charge in [0.15, 0.2) is 15.0 Å². The van der Waals surface area contributed by atoms with E-state index < -0.39 is 0 Å². The van der Waals surface area contributed by atoms with Crippen molar-refractivity contribution in [2.45, 2.75) is 13.6 Å². The Hall–Kier alpha value is -0.370. The molecule has 0 aliphatic carbocycles. The van der Waals surface area contributed by atoms with Crippen LogP contribution in [0.3, 0.4) is 0 Å². The van der Waals surface area contributed by atoms with Gasteiger partial charge in [0.25, 0.3) is 0 Å². The number of benzene rings is 1. The molecule has 0 fully saturated rings. The van der Waals surface area contributed by atoms with E-state index in [1.165, 1.54) is 23.1 Å². The first-order valence-corrected chi connectivity index (χ1v) is 8.18. The molecule has 2 rings (SSSR count). The second kappa shape index (κ2) is 5.99. The van der Waals surface area contributed by atoms with Gasteiger partial charge in [-0.2, -0.15) is 0 Å². The van der Waals surface area contributed by atoms with Crippen LogP contribution in [-0.2, 0) is 0 Å². The van der Waals surface area contributed by atoms with Crippen LogP contribution in [0.1, 0.15) is 10.4 Å². The van der Waals surface area contributed by atoms with E-state index in [1.807, 2.05) is 18.4 Å². The standard InChI is InChI=1S/C10H7BrN2OS3/c1-15-9-12-13-10(17-9)16-8-3-2-7(11)4-6(8)5-14/h2-5H,1H3. The van der Waals surface area contributed by atoms with Gasteiger partial charge in [-0.1, -0.05) is 50.8 Å². The van der Waals surface area contributed by atoms with Crippen molar-refractivity contribution >= 4 is 57.1 Å². The van der Waals surface area contributed by atoms with Crippen LogP contribution in [-0.4, -0.2) is 22.7 Å². The minimum Gasteiger partial charge on any atom is -0.298 e. The minimum atomic E-state index is 0.658. The first kappa shape index (κ1) is 13.1. The molecule has 88 valence electrons. The van der Waals surface area contributed by atoms with Crippen LogP contribution < -0.4 is 0 Å². The molecule has 1 aromatic carbocycles. The monoisotopic (exact) mass is 346 g/mol. The van der Waals surface area contributed by atoms with E-state index in [2.05, 4.69) is 26.1 Å². The fourth-order valence-electron chi connectivity index (χ4n) is 1.12. The molecule has 0 amide bonds. The second-order valence-electron chi connectivity index (χ2n) is 2.94. The van der Waals surface area contributed by atoms with E-state index >= 15 is 0 Å². The summed E-state index contributed by atoms with van der Waals surface area (Å²) >= 11 is 7.90. The average molecular weight is 347 g/mol. The molecule has 0 aliphatic heterocycles. The highest BCUT2D eigenvalue weighted by Gasteiger charge is 2.09. The zero-order valence-corrected chi connectivity index (χ0v) is 12.8. The van der Waals surface area contributed by atoms with Crippen LogP contribution in [0, 0.1) is 0 Å². The molecule has 1 heterocycles. The van der Waals surface area contributed by atoms with Crippen LogP contribution in [0.2, 0.25) is 0 Å². The molecule has 0 unspecified atom stereocenters. The second-order valence-corrected chi connectivity index (χ2v) is 7.18. The number of hydrogen-bond donors (Lipinski definition) is 0. The van der Waals surface area contributed by atoms with Crippen LogP contribution in [0.4, 0.5) is 0 Å². The summed E-state index contributed by atoms with van der Waals surface area (Å²) in [7, 11) is 0. The Balaban J connectivity index is 2.26. The number of aromatic nitrogens is 2. The van der Waals surface area contributed by atoms with Crippen LogP contribution in [0.15, 0.2) is 36.2 Å². The fraction of sp³-hybridized carbons (Fsp3) is 0.100. The number of nitrogens with zero attached hydrogens (tertiary/aromatic N) is 2. The normalized spacial score (nSPS) is 10.5. The van der Waals surface area contributed by atoms with E-state index in [0.717, 1.165) is 24.3 Å². The molecule has 0 atom stereocenters. The number of carbonyl (C=O) groups is 1. The van der Waals surface area contributed by atoms with Gasteiger partial charge in [0.1, 0.15) is 0 Å². The quantitative estimate of drug-likeness (QED) is 0.618. The molecule has 0 saturated carbocycles. The minimum absolute atomic E-state index is 0.658. The lowest BCUT2D eigenvalue weighted by Gasteiger charge is -2.01. The van der Waals surface area contributed by atoms with Crippen molar-refractivity contribution in [1.29, 1.82) is 0 Å². The molecular formula is C10H7BrN2OS3. The largest absolute Gasteiger partial charge is 0.298 e. The van der Waals surface area contributed by atoms with Crippen molar-refractivity contribution in [2.75, 3.05) is 6.26 Å². The first-order chi connectivity index (χ1) is 8.22. The summed E-state index contributed by atoms with van der Waals surface area (Å²) in [6.07, 6.45) is 2.81. The van der Waals surface area contributed by atoms with Crippen LogP contribution >= 0.6 is 50.8 Å². The zero-order valence-electron chi connectivity index (χ0n) is 8.71. The van der Waals surface area contributed by atoms with Gasteiger partial charge in [-0.3, -0.25) is 4.79 Å². The van der Waals surface area contributed by atoms with E-state index in [1.54, 1.807) is 17.8 Å². The summed E-state index contributed by atoms with van der Waals surface area (Å²) in [4.78, 5) is 11.9. The Labute approximate surface area is 120 Å². The molecule has 0 aliphatic rings. The third-order valence-corrected chi connectivity index (χ3v) is 5.39. The number of hydrogen-bond acceptors (Lipinski definition) is 6. The molecular weight excluding hydrogens is 340 g/mol. The van der Waals surface area contributed by atoms with Crippen molar-refractivity contribution in [3.05, 3.63) is 28.2 Å². The van der Waals surface area contributed by atoms with Crippen molar-refractivity contribution in [2.24, 2.45) is 0 Å². The summed E-state index contributed by atoms with van der Waals surface area (Å²) in [5.41, 5.74) is 0.658. The summed E-state index contributed by atoms with van der Waals surface area (Å²) < 4.78 is 2.67. The molecule has 0 spiro atoms.